The zero-order valence-corrected chi connectivity index (χ0v) is 19.4. The van der Waals surface area contributed by atoms with Crippen molar-refractivity contribution in [2.45, 2.75) is 6.42 Å². The molecule has 0 spiro atoms. The molecule has 1 saturated heterocycles. The number of carbonyl (C=O) groups is 1. The van der Waals surface area contributed by atoms with Gasteiger partial charge in [0.25, 0.3) is 5.91 Å². The second kappa shape index (κ2) is 11.2. The highest BCUT2D eigenvalue weighted by molar-refractivity contribution is 8.26. The predicted octanol–water partition coefficient (Wildman–Crippen LogP) is 5.58. The van der Waals surface area contributed by atoms with Crippen molar-refractivity contribution in [3.05, 3.63) is 70.6 Å². The Morgan fingerprint density at radius 3 is 2.55 bits per heavy atom. The summed E-state index contributed by atoms with van der Waals surface area (Å²) in [6.07, 6.45) is 4.10. The molecule has 0 saturated carbocycles. The summed E-state index contributed by atoms with van der Waals surface area (Å²) in [7, 11) is 1.63. The summed E-state index contributed by atoms with van der Waals surface area (Å²) < 4.78 is 17.3. The zero-order chi connectivity index (χ0) is 22.2. The fourth-order valence-corrected chi connectivity index (χ4v) is 4.24. The van der Waals surface area contributed by atoms with Gasteiger partial charge < -0.3 is 14.2 Å². The third kappa shape index (κ3) is 6.26. The van der Waals surface area contributed by atoms with E-state index in [1.165, 1.54) is 16.7 Å². The van der Waals surface area contributed by atoms with E-state index in [0.717, 1.165) is 17.1 Å². The monoisotopic (exact) mass is 475 g/mol. The van der Waals surface area contributed by atoms with E-state index in [0.29, 0.717) is 46.2 Å². The van der Waals surface area contributed by atoms with E-state index in [2.05, 4.69) is 6.58 Å². The number of thiocarbonyl (C=S) groups is 1. The van der Waals surface area contributed by atoms with E-state index >= 15 is 0 Å². The number of nitrogens with zero attached hydrogens (tertiary/aromatic N) is 1. The first-order valence-electron chi connectivity index (χ1n) is 9.57. The number of ether oxygens (including phenoxy) is 3. The molecule has 0 aliphatic carbocycles. The third-order valence-corrected chi connectivity index (χ3v) is 5.93. The Kier molecular flexibility index (Phi) is 8.40. The van der Waals surface area contributed by atoms with Crippen molar-refractivity contribution in [1.82, 2.24) is 4.90 Å². The van der Waals surface area contributed by atoms with Gasteiger partial charge in [0, 0.05) is 23.6 Å². The van der Waals surface area contributed by atoms with Gasteiger partial charge in [-0.25, -0.2) is 0 Å². The van der Waals surface area contributed by atoms with Crippen LogP contribution >= 0.6 is 35.6 Å². The number of thioether (sulfide) groups is 1. The molecular weight excluding hydrogens is 454 g/mol. The molecule has 0 atom stereocenters. The van der Waals surface area contributed by atoms with Crippen LogP contribution in [-0.2, 0) is 4.79 Å². The van der Waals surface area contributed by atoms with E-state index in [-0.39, 0.29) is 5.91 Å². The highest BCUT2D eigenvalue weighted by atomic mass is 35.5. The molecule has 3 rings (SSSR count). The molecule has 1 aliphatic rings. The molecule has 0 radical (unpaired) electrons. The van der Waals surface area contributed by atoms with Gasteiger partial charge in [-0.05, 0) is 48.5 Å². The molecule has 5 nitrogen and oxygen atoms in total. The predicted molar refractivity (Wildman–Crippen MR) is 130 cm³/mol. The average Bonchev–Trinajstić information content (AvgIpc) is 3.03. The lowest BCUT2D eigenvalue weighted by molar-refractivity contribution is -0.121. The Hall–Kier alpha value is -2.48. The quantitative estimate of drug-likeness (QED) is 0.193. The number of rotatable bonds is 10. The molecule has 1 heterocycles. The van der Waals surface area contributed by atoms with E-state index in [4.69, 9.17) is 38.0 Å². The number of benzene rings is 2. The smallest absolute Gasteiger partial charge is 0.266 e. The van der Waals surface area contributed by atoms with Gasteiger partial charge >= 0.3 is 0 Å². The lowest BCUT2D eigenvalue weighted by Gasteiger charge is -2.12. The second-order valence-corrected chi connectivity index (χ2v) is 8.60. The van der Waals surface area contributed by atoms with Crippen LogP contribution in [0.4, 0.5) is 0 Å². The van der Waals surface area contributed by atoms with E-state index in [9.17, 15) is 4.79 Å². The standard InChI is InChI=1S/C23H22ClNO4S2/c1-3-11-25-22(26)21(31-23(25)30)15-16-14-17(24)5-10-20(16)29-13-4-12-28-19-8-6-18(27-2)7-9-19/h3,5-10,14-15H,1,4,11-13H2,2H3/b21-15+. The maximum atomic E-state index is 12.6. The molecule has 2 aromatic rings. The zero-order valence-electron chi connectivity index (χ0n) is 17.0. The molecule has 8 heteroatoms. The Bertz CT molecular complexity index is 992. The fourth-order valence-electron chi connectivity index (χ4n) is 2.79. The molecular formula is C23H22ClNO4S2. The minimum atomic E-state index is -0.145. The molecule has 162 valence electrons. The summed E-state index contributed by atoms with van der Waals surface area (Å²) in [6.45, 7) is 5.02. The van der Waals surface area contributed by atoms with Crippen LogP contribution in [0.1, 0.15) is 12.0 Å². The Morgan fingerprint density at radius 1 is 1.13 bits per heavy atom. The van der Waals surface area contributed by atoms with Crippen molar-refractivity contribution < 1.29 is 19.0 Å². The first-order valence-corrected chi connectivity index (χ1v) is 11.2. The van der Waals surface area contributed by atoms with Gasteiger partial charge in [0.2, 0.25) is 0 Å². The summed E-state index contributed by atoms with van der Waals surface area (Å²) >= 11 is 12.7. The highest BCUT2D eigenvalue weighted by Gasteiger charge is 2.31. The number of amides is 1. The molecule has 2 aromatic carbocycles. The highest BCUT2D eigenvalue weighted by Crippen LogP contribution is 2.35. The summed E-state index contributed by atoms with van der Waals surface area (Å²) in [4.78, 5) is 14.6. The van der Waals surface area contributed by atoms with Crippen molar-refractivity contribution in [3.8, 4) is 17.2 Å². The maximum Gasteiger partial charge on any atom is 0.266 e. The van der Waals surface area contributed by atoms with Crippen LogP contribution in [0.25, 0.3) is 6.08 Å². The maximum absolute atomic E-state index is 12.6. The molecule has 0 aromatic heterocycles. The molecule has 0 N–H and O–H groups in total. The van der Waals surface area contributed by atoms with E-state index in [1.54, 1.807) is 37.5 Å². The number of hydrogen-bond acceptors (Lipinski definition) is 6. The Morgan fingerprint density at radius 2 is 1.84 bits per heavy atom. The largest absolute Gasteiger partial charge is 0.497 e. The average molecular weight is 476 g/mol. The van der Waals surface area contributed by atoms with Gasteiger partial charge in [0.05, 0.1) is 25.2 Å². The first kappa shape index (κ1) is 23.2. The van der Waals surface area contributed by atoms with E-state index < -0.39 is 0 Å². The van der Waals surface area contributed by atoms with Crippen molar-refractivity contribution in [2.24, 2.45) is 0 Å². The van der Waals surface area contributed by atoms with Crippen molar-refractivity contribution in [2.75, 3.05) is 26.9 Å². The topological polar surface area (TPSA) is 48.0 Å². The van der Waals surface area contributed by atoms with Crippen LogP contribution in [0.5, 0.6) is 17.2 Å². The van der Waals surface area contributed by atoms with Gasteiger partial charge in [0.1, 0.15) is 21.6 Å². The van der Waals surface area contributed by atoms with Gasteiger partial charge in [0.15, 0.2) is 0 Å². The second-order valence-electron chi connectivity index (χ2n) is 6.49. The lowest BCUT2D eigenvalue weighted by atomic mass is 10.2. The SMILES string of the molecule is C=CCN1C(=O)/C(=C\c2cc(Cl)ccc2OCCCOc2ccc(OC)cc2)SC1=S. The lowest BCUT2D eigenvalue weighted by Crippen LogP contribution is -2.27. The van der Waals surface area contributed by atoms with Crippen molar-refractivity contribution in [1.29, 1.82) is 0 Å². The number of halogens is 1. The van der Waals surface area contributed by atoms with Crippen molar-refractivity contribution >= 4 is 51.9 Å². The van der Waals surface area contributed by atoms with Crippen LogP contribution < -0.4 is 14.2 Å². The number of carbonyl (C=O) groups excluding carboxylic acids is 1. The van der Waals surface area contributed by atoms with E-state index in [1.807, 2.05) is 24.3 Å². The van der Waals surface area contributed by atoms with Crippen LogP contribution in [0.15, 0.2) is 60.0 Å². The summed E-state index contributed by atoms with van der Waals surface area (Å²) in [5, 5.41) is 0.558. The van der Waals surface area contributed by atoms with Gasteiger partial charge in [-0.3, -0.25) is 9.69 Å². The molecule has 1 fully saturated rings. The van der Waals surface area contributed by atoms with Crippen LogP contribution in [-0.4, -0.2) is 42.0 Å². The van der Waals surface area contributed by atoms with Crippen molar-refractivity contribution in [3.63, 3.8) is 0 Å². The van der Waals surface area contributed by atoms with Crippen LogP contribution in [0, 0.1) is 0 Å². The van der Waals surface area contributed by atoms with Crippen LogP contribution in [0.3, 0.4) is 0 Å². The fraction of sp³-hybridized carbons (Fsp3) is 0.217. The number of hydrogen-bond donors (Lipinski definition) is 0. The van der Waals surface area contributed by atoms with Gasteiger partial charge in [-0.2, -0.15) is 0 Å². The minimum Gasteiger partial charge on any atom is -0.497 e. The summed E-state index contributed by atoms with van der Waals surface area (Å²) in [6, 6.07) is 12.7. The molecule has 1 amide bonds. The normalized spacial score (nSPS) is 14.8. The van der Waals surface area contributed by atoms with Gasteiger partial charge in [-0.1, -0.05) is 41.7 Å². The summed E-state index contributed by atoms with van der Waals surface area (Å²) in [5.74, 6) is 2.05. The molecule has 0 bridgehead atoms. The van der Waals surface area contributed by atoms with Crippen LogP contribution in [0.2, 0.25) is 5.02 Å². The molecule has 0 unspecified atom stereocenters. The Balaban J connectivity index is 1.59. The first-order chi connectivity index (χ1) is 15.0. The third-order valence-electron chi connectivity index (χ3n) is 4.32. The minimum absolute atomic E-state index is 0.145. The number of methoxy groups -OCH3 is 1. The molecule has 1 aliphatic heterocycles. The summed E-state index contributed by atoms with van der Waals surface area (Å²) in [5.41, 5.74) is 0.725. The molecule has 31 heavy (non-hydrogen) atoms. The van der Waals surface area contributed by atoms with Gasteiger partial charge in [-0.15, -0.1) is 6.58 Å². The Labute approximate surface area is 196 Å².